The summed E-state index contributed by atoms with van der Waals surface area (Å²) in [7, 11) is 0. The second kappa shape index (κ2) is 8.50. The van der Waals surface area contributed by atoms with E-state index in [1.165, 1.54) is 17.3 Å². The Morgan fingerprint density at radius 3 is 1.94 bits per heavy atom. The fraction of sp³-hybridized carbons (Fsp3) is 0.346. The molecule has 0 spiro atoms. The Kier molecular flexibility index (Phi) is 6.16. The van der Waals surface area contributed by atoms with Crippen molar-refractivity contribution >= 4 is 17.5 Å². The number of anilines is 2. The molecule has 1 N–H and O–H groups in total. The zero-order chi connectivity index (χ0) is 22.8. The number of benzene rings is 1. The second-order valence-corrected chi connectivity index (χ2v) is 9.92. The summed E-state index contributed by atoms with van der Waals surface area (Å²) >= 11 is 0. The maximum Gasteiger partial charge on any atom is 0.337 e. The molecule has 0 aliphatic rings. The van der Waals surface area contributed by atoms with Crippen LogP contribution in [0.5, 0.6) is 0 Å². The largest absolute Gasteiger partial charge is 0.478 e. The van der Waals surface area contributed by atoms with E-state index in [2.05, 4.69) is 74.6 Å². The minimum atomic E-state index is -0.982. The summed E-state index contributed by atoms with van der Waals surface area (Å²) in [5.41, 5.74) is 4.76. The normalized spacial score (nSPS) is 11.9. The summed E-state index contributed by atoms with van der Waals surface area (Å²) in [6.45, 7) is 13.9. The molecule has 162 valence electrons. The Morgan fingerprint density at radius 1 is 0.903 bits per heavy atom. The van der Waals surface area contributed by atoms with Crippen molar-refractivity contribution in [2.75, 3.05) is 4.90 Å². The van der Waals surface area contributed by atoms with Crippen LogP contribution in [0.2, 0.25) is 0 Å². The van der Waals surface area contributed by atoms with Gasteiger partial charge in [-0.1, -0.05) is 47.6 Å². The van der Waals surface area contributed by atoms with Crippen molar-refractivity contribution in [3.8, 4) is 0 Å². The number of aromatic carboxylic acids is 1. The molecule has 0 atom stereocenters. The molecular weight excluding hydrogens is 386 g/mol. The van der Waals surface area contributed by atoms with Crippen LogP contribution >= 0.6 is 0 Å². The van der Waals surface area contributed by atoms with E-state index in [1.807, 2.05) is 12.1 Å². The predicted molar refractivity (Wildman–Crippen MR) is 125 cm³/mol. The highest BCUT2D eigenvalue weighted by molar-refractivity contribution is 5.87. The molecule has 3 rings (SSSR count). The number of hydrogen-bond donors (Lipinski definition) is 1. The van der Waals surface area contributed by atoms with Gasteiger partial charge in [0.1, 0.15) is 5.82 Å². The number of pyridine rings is 2. The van der Waals surface area contributed by atoms with Crippen molar-refractivity contribution in [2.45, 2.75) is 58.9 Å². The molecule has 0 aliphatic heterocycles. The molecule has 0 amide bonds. The van der Waals surface area contributed by atoms with Crippen LogP contribution in [0.15, 0.2) is 61.1 Å². The van der Waals surface area contributed by atoms with Crippen molar-refractivity contribution in [2.24, 2.45) is 0 Å². The lowest BCUT2D eigenvalue weighted by atomic mass is 9.80. The van der Waals surface area contributed by atoms with Crippen LogP contribution in [-0.4, -0.2) is 21.0 Å². The van der Waals surface area contributed by atoms with Gasteiger partial charge in [-0.2, -0.15) is 0 Å². The lowest BCUT2D eigenvalue weighted by Gasteiger charge is -2.30. The molecule has 0 aliphatic carbocycles. The van der Waals surface area contributed by atoms with Crippen molar-refractivity contribution in [3.05, 3.63) is 83.3 Å². The molecular formula is C26H31N3O2. The third kappa shape index (κ3) is 5.48. The fourth-order valence-corrected chi connectivity index (χ4v) is 3.28. The first-order chi connectivity index (χ1) is 14.4. The van der Waals surface area contributed by atoms with Gasteiger partial charge in [-0.15, -0.1) is 0 Å². The standard InChI is InChI=1S/C26H31N3O2/c1-25(2,3)20-13-21(26(4,5)6)15-22(14-20)29(17-18-9-11-27-12-10-18)23-8-7-19(16-28-23)24(30)31/h7-16H,17H2,1-6H3,(H,30,31). The number of hydrogen-bond acceptors (Lipinski definition) is 4. The Morgan fingerprint density at radius 2 is 1.48 bits per heavy atom. The average molecular weight is 418 g/mol. The smallest absolute Gasteiger partial charge is 0.337 e. The Hall–Kier alpha value is -3.21. The topological polar surface area (TPSA) is 66.3 Å². The Bertz CT molecular complexity index is 1010. The maximum absolute atomic E-state index is 11.3. The predicted octanol–water partition coefficient (Wildman–Crippen LogP) is 6.11. The zero-order valence-corrected chi connectivity index (χ0v) is 19.2. The van der Waals surface area contributed by atoms with Gasteiger partial charge in [-0.25, -0.2) is 9.78 Å². The van der Waals surface area contributed by atoms with Crippen LogP contribution in [0.25, 0.3) is 0 Å². The van der Waals surface area contributed by atoms with Crippen LogP contribution in [0.3, 0.4) is 0 Å². The molecule has 1 aromatic carbocycles. The molecule has 2 aromatic heterocycles. The van der Waals surface area contributed by atoms with E-state index in [-0.39, 0.29) is 16.4 Å². The number of rotatable bonds is 5. The minimum absolute atomic E-state index is 0.0149. The summed E-state index contributed by atoms with van der Waals surface area (Å²) in [6, 6.07) is 14.0. The van der Waals surface area contributed by atoms with Gasteiger partial charge in [-0.05, 0) is 63.9 Å². The zero-order valence-electron chi connectivity index (χ0n) is 19.2. The van der Waals surface area contributed by atoms with E-state index in [9.17, 15) is 9.90 Å². The molecule has 0 saturated heterocycles. The van der Waals surface area contributed by atoms with Crippen molar-refractivity contribution < 1.29 is 9.90 Å². The summed E-state index contributed by atoms with van der Waals surface area (Å²) in [6.07, 6.45) is 4.97. The van der Waals surface area contributed by atoms with Crippen LogP contribution in [0.4, 0.5) is 11.5 Å². The highest BCUT2D eigenvalue weighted by Gasteiger charge is 2.23. The number of carboxylic acids is 1. The van der Waals surface area contributed by atoms with Gasteiger partial charge < -0.3 is 10.0 Å². The third-order valence-corrected chi connectivity index (χ3v) is 5.32. The van der Waals surface area contributed by atoms with E-state index in [0.717, 1.165) is 11.3 Å². The van der Waals surface area contributed by atoms with E-state index in [1.54, 1.807) is 24.5 Å². The first-order valence-electron chi connectivity index (χ1n) is 10.5. The molecule has 5 nitrogen and oxygen atoms in total. The Balaban J connectivity index is 2.17. The molecule has 0 unspecified atom stereocenters. The first kappa shape index (κ1) is 22.5. The van der Waals surface area contributed by atoms with Gasteiger partial charge in [0.2, 0.25) is 0 Å². The molecule has 0 fully saturated rings. The highest BCUT2D eigenvalue weighted by atomic mass is 16.4. The summed E-state index contributed by atoms with van der Waals surface area (Å²) in [5, 5.41) is 9.26. The highest BCUT2D eigenvalue weighted by Crippen LogP contribution is 2.36. The summed E-state index contributed by atoms with van der Waals surface area (Å²) in [5.74, 6) is -0.280. The van der Waals surface area contributed by atoms with Gasteiger partial charge in [0.25, 0.3) is 0 Å². The molecule has 2 heterocycles. The van der Waals surface area contributed by atoms with Crippen LogP contribution in [0, 0.1) is 0 Å². The van der Waals surface area contributed by atoms with E-state index >= 15 is 0 Å². The molecule has 0 bridgehead atoms. The third-order valence-electron chi connectivity index (χ3n) is 5.32. The Labute approximate surface area is 184 Å². The number of nitrogens with zero attached hydrogens (tertiary/aromatic N) is 3. The van der Waals surface area contributed by atoms with Crippen molar-refractivity contribution in [1.82, 2.24) is 9.97 Å². The maximum atomic E-state index is 11.3. The molecule has 0 saturated carbocycles. The lowest BCUT2D eigenvalue weighted by molar-refractivity contribution is 0.0696. The van der Waals surface area contributed by atoms with E-state index in [4.69, 9.17) is 0 Å². The van der Waals surface area contributed by atoms with Gasteiger partial charge in [0.15, 0.2) is 0 Å². The van der Waals surface area contributed by atoms with E-state index in [0.29, 0.717) is 12.4 Å². The van der Waals surface area contributed by atoms with E-state index < -0.39 is 5.97 Å². The SMILES string of the molecule is CC(C)(C)c1cc(N(Cc2ccncc2)c2ccc(C(=O)O)cn2)cc(C(C)(C)C)c1. The first-order valence-corrected chi connectivity index (χ1v) is 10.5. The average Bonchev–Trinajstić information content (AvgIpc) is 2.71. The molecule has 0 radical (unpaired) electrons. The monoisotopic (exact) mass is 417 g/mol. The van der Waals surface area contributed by atoms with Crippen molar-refractivity contribution in [3.63, 3.8) is 0 Å². The number of aromatic nitrogens is 2. The quantitative estimate of drug-likeness (QED) is 0.543. The fourth-order valence-electron chi connectivity index (χ4n) is 3.28. The summed E-state index contributed by atoms with van der Waals surface area (Å²) in [4.78, 5) is 22.0. The second-order valence-electron chi connectivity index (χ2n) is 9.92. The van der Waals surface area contributed by atoms with Gasteiger partial charge in [0, 0.05) is 30.8 Å². The molecule has 5 heteroatoms. The number of carbonyl (C=O) groups is 1. The van der Waals surface area contributed by atoms with Crippen LogP contribution in [-0.2, 0) is 17.4 Å². The number of carboxylic acid groups (broad SMARTS) is 1. The van der Waals surface area contributed by atoms with Gasteiger partial charge in [0.05, 0.1) is 5.56 Å². The molecule has 31 heavy (non-hydrogen) atoms. The van der Waals surface area contributed by atoms with Gasteiger partial charge in [-0.3, -0.25) is 4.98 Å². The molecule has 3 aromatic rings. The van der Waals surface area contributed by atoms with Gasteiger partial charge >= 0.3 is 5.97 Å². The minimum Gasteiger partial charge on any atom is -0.478 e. The lowest BCUT2D eigenvalue weighted by Crippen LogP contribution is -2.22. The summed E-state index contributed by atoms with van der Waals surface area (Å²) < 4.78 is 0. The van der Waals surface area contributed by atoms with Crippen LogP contribution in [0.1, 0.15) is 68.6 Å². The van der Waals surface area contributed by atoms with Crippen molar-refractivity contribution in [1.29, 1.82) is 0 Å². The van der Waals surface area contributed by atoms with Crippen LogP contribution < -0.4 is 4.90 Å².